The van der Waals surface area contributed by atoms with Crippen LogP contribution in [0.3, 0.4) is 0 Å². The molecule has 0 unspecified atom stereocenters. The summed E-state index contributed by atoms with van der Waals surface area (Å²) in [6, 6.07) is 33.5. The number of hydrogen-bond acceptors (Lipinski definition) is 1. The van der Waals surface area contributed by atoms with Crippen LogP contribution >= 0.6 is 20.9 Å². The van der Waals surface area contributed by atoms with Crippen LogP contribution in [0.4, 0.5) is 0 Å². The molecule has 4 rings (SSSR count). The first-order valence-electron chi connectivity index (χ1n) is 9.90. The van der Waals surface area contributed by atoms with Gasteiger partial charge in [0.15, 0.2) is 0 Å². The summed E-state index contributed by atoms with van der Waals surface area (Å²) in [6.07, 6.45) is 6.48. The summed E-state index contributed by atoms with van der Waals surface area (Å²) in [5.74, 6) is 0. The van der Waals surface area contributed by atoms with E-state index in [1.807, 2.05) is 0 Å². The summed E-state index contributed by atoms with van der Waals surface area (Å²) in [6.45, 7) is 0. The molecular weight excluding hydrogens is 413 g/mol. The average molecular weight is 440 g/mol. The van der Waals surface area contributed by atoms with E-state index in [9.17, 15) is 0 Å². The first-order chi connectivity index (χ1) is 13.2. The molecule has 3 aromatic rings. The van der Waals surface area contributed by atoms with Crippen molar-refractivity contribution < 1.29 is 0 Å². The van der Waals surface area contributed by atoms with Gasteiger partial charge in [0.05, 0.1) is 0 Å². The minimum absolute atomic E-state index is 0.524. The fourth-order valence-corrected chi connectivity index (χ4v) is 11.8. The zero-order valence-corrected chi connectivity index (χ0v) is 18.1. The zero-order chi connectivity index (χ0) is 18.6. The van der Waals surface area contributed by atoms with Crippen LogP contribution < -0.4 is 21.0 Å². The molecule has 3 aromatic carbocycles. The van der Waals surface area contributed by atoms with E-state index in [0.29, 0.717) is 6.04 Å². The minimum atomic E-state index is -2.96. The van der Waals surface area contributed by atoms with Crippen LogP contribution in [-0.2, 0) is 0 Å². The summed E-state index contributed by atoms with van der Waals surface area (Å²) in [7, 11) is 0. The van der Waals surface area contributed by atoms with Gasteiger partial charge in [-0.1, -0.05) is 0 Å². The second kappa shape index (κ2) is 7.87. The molecular formula is C24H27BrNP. The van der Waals surface area contributed by atoms with E-state index in [0.717, 1.165) is 0 Å². The zero-order valence-electron chi connectivity index (χ0n) is 15.6. The van der Waals surface area contributed by atoms with Gasteiger partial charge in [0.1, 0.15) is 0 Å². The Bertz CT molecular complexity index is 761. The van der Waals surface area contributed by atoms with E-state index >= 15 is 0 Å². The van der Waals surface area contributed by atoms with Crippen molar-refractivity contribution in [2.45, 2.75) is 38.1 Å². The molecule has 1 N–H and O–H groups in total. The third kappa shape index (κ3) is 3.40. The molecule has 1 saturated carbocycles. The predicted octanol–water partition coefficient (Wildman–Crippen LogP) is 5.66. The Morgan fingerprint density at radius 2 is 0.963 bits per heavy atom. The van der Waals surface area contributed by atoms with Crippen LogP contribution in [0, 0.1) is 0 Å². The second-order valence-electron chi connectivity index (χ2n) is 7.48. The van der Waals surface area contributed by atoms with Crippen molar-refractivity contribution in [1.29, 1.82) is 0 Å². The molecule has 1 nitrogen and oxygen atoms in total. The number of benzene rings is 3. The molecule has 0 bridgehead atoms. The Kier molecular flexibility index (Phi) is 5.50. The van der Waals surface area contributed by atoms with Crippen molar-refractivity contribution in [3.05, 3.63) is 91.0 Å². The van der Waals surface area contributed by atoms with Gasteiger partial charge in [0.25, 0.3) is 0 Å². The van der Waals surface area contributed by atoms with Crippen molar-refractivity contribution >= 4 is 36.9 Å². The average Bonchev–Trinajstić information content (AvgIpc) is 2.76. The van der Waals surface area contributed by atoms with Gasteiger partial charge in [-0.2, -0.15) is 0 Å². The molecule has 0 heterocycles. The third-order valence-electron chi connectivity index (χ3n) is 5.75. The summed E-state index contributed by atoms with van der Waals surface area (Å²) in [5.41, 5.74) is -2.96. The number of nitrogens with one attached hydrogen (secondary N) is 1. The van der Waals surface area contributed by atoms with E-state index in [4.69, 9.17) is 0 Å². The van der Waals surface area contributed by atoms with Crippen LogP contribution in [0.15, 0.2) is 91.0 Å². The molecule has 0 atom stereocenters. The van der Waals surface area contributed by atoms with Crippen molar-refractivity contribution in [3.8, 4) is 0 Å². The van der Waals surface area contributed by atoms with E-state index in [2.05, 4.69) is 112 Å². The van der Waals surface area contributed by atoms with Gasteiger partial charge in [-0.05, 0) is 0 Å². The molecule has 1 fully saturated rings. The second-order valence-corrected chi connectivity index (χ2v) is 15.6. The molecule has 0 aromatic heterocycles. The van der Waals surface area contributed by atoms with Crippen LogP contribution in [0.1, 0.15) is 32.1 Å². The van der Waals surface area contributed by atoms with Crippen molar-refractivity contribution in [1.82, 2.24) is 5.09 Å². The molecule has 1 aliphatic carbocycles. The third-order valence-corrected chi connectivity index (χ3v) is 14.7. The van der Waals surface area contributed by atoms with E-state index in [-0.39, 0.29) is 0 Å². The Morgan fingerprint density at radius 1 is 0.593 bits per heavy atom. The van der Waals surface area contributed by atoms with E-state index < -0.39 is 5.46 Å². The van der Waals surface area contributed by atoms with Gasteiger partial charge < -0.3 is 0 Å². The maximum absolute atomic E-state index is 4.47. The molecule has 0 spiro atoms. The molecule has 140 valence electrons. The summed E-state index contributed by atoms with van der Waals surface area (Å²) in [4.78, 5) is 0. The summed E-state index contributed by atoms with van der Waals surface area (Å²) >= 11 is 4.47. The standard InChI is InChI=1S/C24H27BrNP/c25-27(22-15-7-2-8-16-22,23-17-9-3-10-18-23,24-19-11-4-12-20-24)26-21-13-5-1-6-14-21/h2-4,7-12,15-21,26H,1,5-6,13-14H2. The first-order valence-corrected chi connectivity index (χ1v) is 14.2. The van der Waals surface area contributed by atoms with Gasteiger partial charge in [-0.15, -0.1) is 0 Å². The molecule has 1 aliphatic rings. The van der Waals surface area contributed by atoms with Gasteiger partial charge in [0, 0.05) is 0 Å². The maximum atomic E-state index is 4.47. The predicted molar refractivity (Wildman–Crippen MR) is 124 cm³/mol. The first kappa shape index (κ1) is 18.9. The Labute approximate surface area is 170 Å². The number of rotatable bonds is 5. The van der Waals surface area contributed by atoms with Crippen molar-refractivity contribution in [2.75, 3.05) is 0 Å². The van der Waals surface area contributed by atoms with Gasteiger partial charge in [0.2, 0.25) is 0 Å². The Morgan fingerprint density at radius 3 is 1.33 bits per heavy atom. The van der Waals surface area contributed by atoms with Crippen molar-refractivity contribution in [3.63, 3.8) is 0 Å². The Balaban J connectivity index is 1.99. The van der Waals surface area contributed by atoms with E-state index in [1.54, 1.807) is 0 Å². The number of hydrogen-bond donors (Lipinski definition) is 1. The SMILES string of the molecule is BrP(NC1CCCCC1)(c1ccccc1)(c1ccccc1)c1ccccc1. The van der Waals surface area contributed by atoms with Gasteiger partial charge >= 0.3 is 171 Å². The molecule has 0 aliphatic heterocycles. The molecule has 3 heteroatoms. The summed E-state index contributed by atoms with van der Waals surface area (Å²) < 4.78 is 0. The van der Waals surface area contributed by atoms with E-state index in [1.165, 1.54) is 48.0 Å². The van der Waals surface area contributed by atoms with Crippen molar-refractivity contribution in [2.24, 2.45) is 0 Å². The molecule has 0 saturated heterocycles. The quantitative estimate of drug-likeness (QED) is 0.505. The van der Waals surface area contributed by atoms with Crippen LogP contribution in [0.2, 0.25) is 0 Å². The van der Waals surface area contributed by atoms with Gasteiger partial charge in [-0.25, -0.2) is 0 Å². The molecule has 27 heavy (non-hydrogen) atoms. The van der Waals surface area contributed by atoms with Crippen LogP contribution in [0.25, 0.3) is 0 Å². The normalized spacial score (nSPS) is 17.1. The van der Waals surface area contributed by atoms with Crippen LogP contribution in [-0.4, -0.2) is 6.04 Å². The van der Waals surface area contributed by atoms with Crippen LogP contribution in [0.5, 0.6) is 0 Å². The fraction of sp³-hybridized carbons (Fsp3) is 0.250. The fourth-order valence-electron chi connectivity index (χ4n) is 4.37. The Hall–Kier alpha value is -1.47. The summed E-state index contributed by atoms with van der Waals surface area (Å²) in [5, 5.41) is 8.26. The number of halogens is 1. The van der Waals surface area contributed by atoms with Gasteiger partial charge in [-0.3, -0.25) is 0 Å². The topological polar surface area (TPSA) is 12.0 Å². The molecule has 0 amide bonds. The monoisotopic (exact) mass is 439 g/mol. The molecule has 0 radical (unpaired) electrons.